The van der Waals surface area contributed by atoms with E-state index in [1.54, 1.807) is 21.5 Å². The Bertz CT molecular complexity index is 918. The lowest BCUT2D eigenvalue weighted by Crippen LogP contribution is -2.16. The summed E-state index contributed by atoms with van der Waals surface area (Å²) in [6, 6.07) is 6.13. The van der Waals surface area contributed by atoms with Crippen LogP contribution in [0.15, 0.2) is 30.6 Å². The molecule has 0 saturated carbocycles. The number of carbonyl (C=O) groups excluding carboxylic acids is 1. The first-order valence-electron chi connectivity index (χ1n) is 8.05. The van der Waals surface area contributed by atoms with Gasteiger partial charge in [0.15, 0.2) is 0 Å². The number of hydrogen-bond donors (Lipinski definition) is 1. The maximum atomic E-state index is 12.9. The van der Waals surface area contributed by atoms with Gasteiger partial charge in [0.05, 0.1) is 29.5 Å². The van der Waals surface area contributed by atoms with Crippen LogP contribution in [0.3, 0.4) is 0 Å². The molecule has 0 radical (unpaired) electrons. The lowest BCUT2D eigenvalue weighted by atomic mass is 10.2. The van der Waals surface area contributed by atoms with Gasteiger partial charge < -0.3 is 0 Å². The molecule has 1 N–H and O–H groups in total. The second kappa shape index (κ2) is 7.65. The van der Waals surface area contributed by atoms with Crippen molar-refractivity contribution in [1.82, 2.24) is 24.5 Å². The lowest BCUT2D eigenvalue weighted by Gasteiger charge is -2.04. The highest BCUT2D eigenvalue weighted by Gasteiger charge is 2.12. The van der Waals surface area contributed by atoms with Crippen molar-refractivity contribution in [2.24, 2.45) is 0 Å². The predicted molar refractivity (Wildman–Crippen MR) is 95.5 cm³/mol. The van der Waals surface area contributed by atoms with Gasteiger partial charge in [-0.2, -0.15) is 5.10 Å². The van der Waals surface area contributed by atoms with Gasteiger partial charge in [-0.1, -0.05) is 23.7 Å². The molecule has 9 heteroatoms. The van der Waals surface area contributed by atoms with E-state index in [1.807, 2.05) is 13.8 Å². The Hall–Kier alpha value is -2.74. The highest BCUT2D eigenvalue weighted by Crippen LogP contribution is 2.19. The fourth-order valence-electron chi connectivity index (χ4n) is 2.49. The van der Waals surface area contributed by atoms with E-state index in [-0.39, 0.29) is 24.1 Å². The largest absolute Gasteiger partial charge is 0.293 e. The van der Waals surface area contributed by atoms with Crippen LogP contribution in [0.5, 0.6) is 0 Å². The molecular formula is C17H18ClFN6O. The molecule has 0 aliphatic carbocycles. The number of carbonyl (C=O) groups is 1. The minimum Gasteiger partial charge on any atom is -0.293 e. The smallest absolute Gasteiger partial charge is 0.248 e. The van der Waals surface area contributed by atoms with Gasteiger partial charge in [-0.3, -0.25) is 14.8 Å². The van der Waals surface area contributed by atoms with Crippen LogP contribution >= 0.6 is 11.6 Å². The van der Waals surface area contributed by atoms with E-state index in [9.17, 15) is 9.18 Å². The number of halogens is 2. The number of aryl methyl sites for hydroxylation is 2. The minimum absolute atomic E-state index is 0.215. The van der Waals surface area contributed by atoms with Gasteiger partial charge in [-0.25, -0.2) is 14.1 Å². The van der Waals surface area contributed by atoms with Gasteiger partial charge in [-0.05, 0) is 31.5 Å². The van der Waals surface area contributed by atoms with Gasteiger partial charge >= 0.3 is 0 Å². The number of amides is 1. The average molecular weight is 377 g/mol. The van der Waals surface area contributed by atoms with Crippen LogP contribution in [0.4, 0.5) is 10.3 Å². The summed E-state index contributed by atoms with van der Waals surface area (Å²) in [5, 5.41) is 11.8. The SMILES string of the molecule is Cc1nn(CCC(=O)Nc2ncn(Cc3ccc(F)cc3)n2)c(C)c1Cl. The zero-order valence-corrected chi connectivity index (χ0v) is 15.2. The predicted octanol–water partition coefficient (Wildman–Crippen LogP) is 2.96. The van der Waals surface area contributed by atoms with Gasteiger partial charge in [0.25, 0.3) is 0 Å². The van der Waals surface area contributed by atoms with Crippen molar-refractivity contribution >= 4 is 23.5 Å². The molecule has 2 heterocycles. The summed E-state index contributed by atoms with van der Waals surface area (Å²) >= 11 is 6.09. The van der Waals surface area contributed by atoms with Crippen LogP contribution in [0.1, 0.15) is 23.4 Å². The fourth-order valence-corrected chi connectivity index (χ4v) is 2.63. The summed E-state index contributed by atoms with van der Waals surface area (Å²) < 4.78 is 16.2. The van der Waals surface area contributed by atoms with Crippen LogP contribution in [-0.2, 0) is 17.9 Å². The van der Waals surface area contributed by atoms with Crippen LogP contribution in [0.2, 0.25) is 5.02 Å². The van der Waals surface area contributed by atoms with E-state index in [0.717, 1.165) is 17.0 Å². The lowest BCUT2D eigenvalue weighted by molar-refractivity contribution is -0.116. The maximum absolute atomic E-state index is 12.9. The normalized spacial score (nSPS) is 10.9. The van der Waals surface area contributed by atoms with Gasteiger partial charge in [0.2, 0.25) is 11.9 Å². The molecule has 0 unspecified atom stereocenters. The summed E-state index contributed by atoms with van der Waals surface area (Å²) in [5.74, 6) is -0.277. The molecule has 1 aromatic carbocycles. The topological polar surface area (TPSA) is 77.6 Å². The Morgan fingerprint density at radius 1 is 1.23 bits per heavy atom. The zero-order valence-electron chi connectivity index (χ0n) is 14.4. The van der Waals surface area contributed by atoms with E-state index in [2.05, 4.69) is 20.5 Å². The third kappa shape index (κ3) is 4.26. The summed E-state index contributed by atoms with van der Waals surface area (Å²) in [7, 11) is 0. The number of rotatable bonds is 6. The quantitative estimate of drug-likeness (QED) is 0.717. The summed E-state index contributed by atoms with van der Waals surface area (Å²) in [6.07, 6.45) is 1.74. The molecule has 0 fully saturated rings. The van der Waals surface area contributed by atoms with Gasteiger partial charge in [-0.15, -0.1) is 5.10 Å². The molecule has 0 saturated heterocycles. The molecule has 7 nitrogen and oxygen atoms in total. The van der Waals surface area contributed by atoms with E-state index >= 15 is 0 Å². The molecule has 0 atom stereocenters. The molecule has 26 heavy (non-hydrogen) atoms. The second-order valence-corrected chi connectivity index (χ2v) is 6.28. The molecule has 3 aromatic rings. The van der Waals surface area contributed by atoms with Crippen molar-refractivity contribution < 1.29 is 9.18 Å². The maximum Gasteiger partial charge on any atom is 0.248 e. The number of nitrogens with zero attached hydrogens (tertiary/aromatic N) is 5. The van der Waals surface area contributed by atoms with Crippen LogP contribution in [0.25, 0.3) is 0 Å². The highest BCUT2D eigenvalue weighted by atomic mass is 35.5. The zero-order chi connectivity index (χ0) is 18.7. The molecule has 136 valence electrons. The third-order valence-electron chi connectivity index (χ3n) is 3.89. The van der Waals surface area contributed by atoms with Crippen molar-refractivity contribution in [1.29, 1.82) is 0 Å². The highest BCUT2D eigenvalue weighted by molar-refractivity contribution is 6.31. The van der Waals surface area contributed by atoms with Crippen molar-refractivity contribution in [2.45, 2.75) is 33.4 Å². The summed E-state index contributed by atoms with van der Waals surface area (Å²) in [6.45, 7) is 4.54. The van der Waals surface area contributed by atoms with Crippen molar-refractivity contribution in [2.75, 3.05) is 5.32 Å². The van der Waals surface area contributed by atoms with E-state index < -0.39 is 0 Å². The van der Waals surface area contributed by atoms with Crippen molar-refractivity contribution in [3.8, 4) is 0 Å². The van der Waals surface area contributed by atoms with E-state index in [4.69, 9.17) is 11.6 Å². The molecule has 0 spiro atoms. The molecule has 0 aliphatic heterocycles. The molecule has 0 aliphatic rings. The number of aromatic nitrogens is 5. The number of nitrogens with one attached hydrogen (secondary N) is 1. The molecular weight excluding hydrogens is 359 g/mol. The monoisotopic (exact) mass is 376 g/mol. The molecule has 0 bridgehead atoms. The summed E-state index contributed by atoms with van der Waals surface area (Å²) in [5.41, 5.74) is 2.46. The Kier molecular flexibility index (Phi) is 5.32. The minimum atomic E-state index is -0.288. The fraction of sp³-hybridized carbons (Fsp3) is 0.294. The Balaban J connectivity index is 1.54. The number of hydrogen-bond acceptors (Lipinski definition) is 4. The first kappa shape index (κ1) is 18.1. The Labute approximate surface area is 154 Å². The standard InChI is InChI=1S/C17H18ClFN6O/c1-11-16(18)12(2)25(22-11)8-7-15(26)21-17-20-10-24(23-17)9-13-3-5-14(19)6-4-13/h3-6,10H,7-9H2,1-2H3,(H,21,23,26). The number of benzene rings is 1. The summed E-state index contributed by atoms with van der Waals surface area (Å²) in [4.78, 5) is 16.1. The molecule has 1 amide bonds. The van der Waals surface area contributed by atoms with Gasteiger partial charge in [0, 0.05) is 6.42 Å². The van der Waals surface area contributed by atoms with Crippen LogP contribution in [-0.4, -0.2) is 30.5 Å². The Morgan fingerprint density at radius 2 is 1.96 bits per heavy atom. The molecule has 3 rings (SSSR count). The Morgan fingerprint density at radius 3 is 2.62 bits per heavy atom. The molecule has 2 aromatic heterocycles. The third-order valence-corrected chi connectivity index (χ3v) is 4.44. The van der Waals surface area contributed by atoms with Crippen LogP contribution in [0, 0.1) is 19.7 Å². The first-order chi connectivity index (χ1) is 12.4. The van der Waals surface area contributed by atoms with E-state index in [0.29, 0.717) is 18.1 Å². The van der Waals surface area contributed by atoms with E-state index in [1.165, 1.54) is 18.5 Å². The second-order valence-electron chi connectivity index (χ2n) is 5.90. The van der Waals surface area contributed by atoms with Crippen molar-refractivity contribution in [3.63, 3.8) is 0 Å². The first-order valence-corrected chi connectivity index (χ1v) is 8.43. The number of anilines is 1. The van der Waals surface area contributed by atoms with Crippen LogP contribution < -0.4 is 5.32 Å². The van der Waals surface area contributed by atoms with Crippen molar-refractivity contribution in [3.05, 3.63) is 58.4 Å². The van der Waals surface area contributed by atoms with Gasteiger partial charge in [0.1, 0.15) is 12.1 Å². The average Bonchev–Trinajstić information content (AvgIpc) is 3.15.